The molecular weight excluding hydrogens is 270 g/mol. The second-order valence-corrected chi connectivity index (χ2v) is 7.06. The quantitative estimate of drug-likeness (QED) is 0.908. The van der Waals surface area contributed by atoms with E-state index in [-0.39, 0.29) is 4.90 Å². The lowest BCUT2D eigenvalue weighted by Gasteiger charge is -2.16. The Morgan fingerprint density at radius 3 is 2.83 bits per heavy atom. The molecular formula is C11H15N3O2S2. The molecule has 98 valence electrons. The molecule has 0 aliphatic heterocycles. The molecule has 0 aromatic carbocycles. The maximum atomic E-state index is 12.2. The fourth-order valence-electron chi connectivity index (χ4n) is 1.61. The van der Waals surface area contributed by atoms with Crippen molar-refractivity contribution in [3.05, 3.63) is 34.3 Å². The van der Waals surface area contributed by atoms with Crippen LogP contribution in [-0.2, 0) is 16.4 Å². The standard InChI is InChI=1S/C11H15N3O2S2/c1-9-11(8-12-13-9)18(15,16)14(2)6-5-10-4-3-7-17-10/h3-4,7-8H,5-6H2,1-2H3,(H,12,13). The molecule has 0 aliphatic carbocycles. The first-order chi connectivity index (χ1) is 8.51. The molecule has 0 saturated heterocycles. The van der Waals surface area contributed by atoms with Gasteiger partial charge in [-0.2, -0.15) is 5.10 Å². The largest absolute Gasteiger partial charge is 0.281 e. The predicted octanol–water partition coefficient (Wildman–Crippen LogP) is 1.64. The van der Waals surface area contributed by atoms with E-state index in [9.17, 15) is 8.42 Å². The van der Waals surface area contributed by atoms with Crippen molar-refractivity contribution in [3.8, 4) is 0 Å². The number of thiophene rings is 1. The molecule has 0 bridgehead atoms. The topological polar surface area (TPSA) is 66.1 Å². The van der Waals surface area contributed by atoms with Gasteiger partial charge in [0, 0.05) is 18.5 Å². The smallest absolute Gasteiger partial charge is 0.246 e. The van der Waals surface area contributed by atoms with Crippen LogP contribution in [0.3, 0.4) is 0 Å². The van der Waals surface area contributed by atoms with Crippen molar-refractivity contribution in [1.29, 1.82) is 0 Å². The van der Waals surface area contributed by atoms with Crippen LogP contribution in [0.2, 0.25) is 0 Å². The maximum absolute atomic E-state index is 12.2. The Hall–Kier alpha value is -1.18. The van der Waals surface area contributed by atoms with E-state index < -0.39 is 10.0 Å². The zero-order chi connectivity index (χ0) is 13.2. The van der Waals surface area contributed by atoms with Gasteiger partial charge in [-0.05, 0) is 24.8 Å². The van der Waals surface area contributed by atoms with Crippen LogP contribution in [0.5, 0.6) is 0 Å². The number of aryl methyl sites for hydroxylation is 1. The summed E-state index contributed by atoms with van der Waals surface area (Å²) in [6, 6.07) is 3.98. The zero-order valence-electron chi connectivity index (χ0n) is 10.3. The van der Waals surface area contributed by atoms with Gasteiger partial charge in [-0.25, -0.2) is 12.7 Å². The summed E-state index contributed by atoms with van der Waals surface area (Å²) in [7, 11) is -1.84. The second kappa shape index (κ2) is 5.21. The molecule has 0 spiro atoms. The molecule has 2 aromatic rings. The Morgan fingerprint density at radius 2 is 2.28 bits per heavy atom. The number of hydrogen-bond acceptors (Lipinski definition) is 4. The second-order valence-electron chi connectivity index (χ2n) is 4.02. The lowest BCUT2D eigenvalue weighted by Crippen LogP contribution is -2.29. The average Bonchev–Trinajstić information content (AvgIpc) is 2.96. The number of H-pyrrole nitrogens is 1. The molecule has 0 amide bonds. The summed E-state index contributed by atoms with van der Waals surface area (Å²) in [5.41, 5.74) is 0.568. The van der Waals surface area contributed by atoms with Crippen molar-refractivity contribution in [2.45, 2.75) is 18.2 Å². The molecule has 18 heavy (non-hydrogen) atoms. The molecule has 7 heteroatoms. The third-order valence-electron chi connectivity index (χ3n) is 2.73. The van der Waals surface area contributed by atoms with Crippen LogP contribution < -0.4 is 0 Å². The van der Waals surface area contributed by atoms with Gasteiger partial charge in [0.1, 0.15) is 4.90 Å². The molecule has 2 rings (SSSR count). The van der Waals surface area contributed by atoms with Crippen LogP contribution in [0.4, 0.5) is 0 Å². The van der Waals surface area contributed by atoms with E-state index in [1.54, 1.807) is 25.3 Å². The fourth-order valence-corrected chi connectivity index (χ4v) is 3.59. The van der Waals surface area contributed by atoms with Gasteiger partial charge in [0.2, 0.25) is 10.0 Å². The van der Waals surface area contributed by atoms with Crippen molar-refractivity contribution >= 4 is 21.4 Å². The van der Waals surface area contributed by atoms with Gasteiger partial charge in [0.05, 0.1) is 11.9 Å². The van der Waals surface area contributed by atoms with Crippen molar-refractivity contribution < 1.29 is 8.42 Å². The van der Waals surface area contributed by atoms with Crippen molar-refractivity contribution in [2.75, 3.05) is 13.6 Å². The minimum absolute atomic E-state index is 0.246. The molecule has 0 radical (unpaired) electrons. The van der Waals surface area contributed by atoms with Gasteiger partial charge in [-0.1, -0.05) is 6.07 Å². The van der Waals surface area contributed by atoms with Gasteiger partial charge < -0.3 is 0 Å². The van der Waals surface area contributed by atoms with E-state index in [0.717, 1.165) is 6.42 Å². The lowest BCUT2D eigenvalue weighted by molar-refractivity contribution is 0.473. The van der Waals surface area contributed by atoms with Gasteiger partial charge in [-0.3, -0.25) is 5.10 Å². The number of rotatable bonds is 5. The van der Waals surface area contributed by atoms with Crippen LogP contribution in [0, 0.1) is 6.92 Å². The molecule has 0 unspecified atom stereocenters. The summed E-state index contributed by atoms with van der Waals surface area (Å²) >= 11 is 1.64. The highest BCUT2D eigenvalue weighted by Gasteiger charge is 2.23. The summed E-state index contributed by atoms with van der Waals surface area (Å²) in [5, 5.41) is 8.39. The summed E-state index contributed by atoms with van der Waals surface area (Å²) in [6.45, 7) is 2.17. The van der Waals surface area contributed by atoms with Crippen molar-refractivity contribution in [2.24, 2.45) is 0 Å². The SMILES string of the molecule is Cc1[nH]ncc1S(=O)(=O)N(C)CCc1cccs1. The monoisotopic (exact) mass is 285 g/mol. The minimum Gasteiger partial charge on any atom is -0.281 e. The maximum Gasteiger partial charge on any atom is 0.246 e. The third-order valence-corrected chi connectivity index (χ3v) is 5.63. The van der Waals surface area contributed by atoms with Crippen LogP contribution in [0.15, 0.2) is 28.6 Å². The molecule has 2 aromatic heterocycles. The number of nitrogens with zero attached hydrogens (tertiary/aromatic N) is 2. The number of aromatic nitrogens is 2. The van der Waals surface area contributed by atoms with Crippen LogP contribution in [0.1, 0.15) is 10.6 Å². The van der Waals surface area contributed by atoms with E-state index in [0.29, 0.717) is 12.2 Å². The summed E-state index contributed by atoms with van der Waals surface area (Å²) < 4.78 is 25.9. The molecule has 0 atom stereocenters. The fraction of sp³-hybridized carbons (Fsp3) is 0.364. The number of likely N-dealkylation sites (N-methyl/N-ethyl adjacent to an activating group) is 1. The van der Waals surface area contributed by atoms with Gasteiger partial charge in [0.15, 0.2) is 0 Å². The van der Waals surface area contributed by atoms with Crippen molar-refractivity contribution in [1.82, 2.24) is 14.5 Å². The Kier molecular flexibility index (Phi) is 3.84. The highest BCUT2D eigenvalue weighted by Crippen LogP contribution is 2.17. The first-order valence-electron chi connectivity index (χ1n) is 5.50. The van der Waals surface area contributed by atoms with E-state index in [4.69, 9.17) is 0 Å². The van der Waals surface area contributed by atoms with E-state index in [1.165, 1.54) is 15.4 Å². The Balaban J connectivity index is 2.09. The Bertz CT molecular complexity index is 602. The Labute approximate surface area is 111 Å². The number of aromatic amines is 1. The van der Waals surface area contributed by atoms with Crippen molar-refractivity contribution in [3.63, 3.8) is 0 Å². The lowest BCUT2D eigenvalue weighted by atomic mass is 10.3. The Morgan fingerprint density at radius 1 is 1.50 bits per heavy atom. The zero-order valence-corrected chi connectivity index (χ0v) is 11.9. The average molecular weight is 285 g/mol. The highest BCUT2D eigenvalue weighted by molar-refractivity contribution is 7.89. The van der Waals surface area contributed by atoms with Crippen LogP contribution in [-0.4, -0.2) is 36.5 Å². The molecule has 0 saturated carbocycles. The molecule has 1 N–H and O–H groups in total. The minimum atomic E-state index is -3.44. The van der Waals surface area contributed by atoms with E-state index in [2.05, 4.69) is 10.2 Å². The number of nitrogens with one attached hydrogen (secondary N) is 1. The summed E-state index contributed by atoms with van der Waals surface area (Å²) in [4.78, 5) is 1.43. The normalized spacial score (nSPS) is 12.2. The molecule has 2 heterocycles. The van der Waals surface area contributed by atoms with Crippen LogP contribution in [0.25, 0.3) is 0 Å². The first kappa shape index (κ1) is 13.3. The van der Waals surface area contributed by atoms with E-state index in [1.807, 2.05) is 17.5 Å². The highest BCUT2D eigenvalue weighted by atomic mass is 32.2. The van der Waals surface area contributed by atoms with Gasteiger partial charge in [-0.15, -0.1) is 11.3 Å². The number of hydrogen-bond donors (Lipinski definition) is 1. The molecule has 0 aliphatic rings. The molecule has 0 fully saturated rings. The van der Waals surface area contributed by atoms with E-state index >= 15 is 0 Å². The van der Waals surface area contributed by atoms with Gasteiger partial charge in [0.25, 0.3) is 0 Å². The third kappa shape index (κ3) is 2.63. The van der Waals surface area contributed by atoms with Gasteiger partial charge >= 0.3 is 0 Å². The predicted molar refractivity (Wildman–Crippen MR) is 71.2 cm³/mol. The number of sulfonamides is 1. The van der Waals surface area contributed by atoms with Crippen LogP contribution >= 0.6 is 11.3 Å². The first-order valence-corrected chi connectivity index (χ1v) is 7.82. The molecule has 5 nitrogen and oxygen atoms in total. The summed E-state index contributed by atoms with van der Waals surface area (Å²) in [5.74, 6) is 0. The summed E-state index contributed by atoms with van der Waals surface area (Å²) in [6.07, 6.45) is 2.08.